The monoisotopic (exact) mass is 408 g/mol. The second-order valence-electron chi connectivity index (χ2n) is 6.68. The number of nitrogens with one attached hydrogen (secondary N) is 1. The van der Waals surface area contributed by atoms with Crippen LogP contribution in [-0.2, 0) is 17.8 Å². The number of benzene rings is 1. The number of nitrogens with zero attached hydrogens (tertiary/aromatic N) is 3. The number of hydrogen-bond acceptors (Lipinski definition) is 6. The van der Waals surface area contributed by atoms with Crippen LogP contribution in [0.25, 0.3) is 0 Å². The van der Waals surface area contributed by atoms with E-state index in [1.807, 2.05) is 31.2 Å². The second-order valence-corrected chi connectivity index (χ2v) is 7.76. The summed E-state index contributed by atoms with van der Waals surface area (Å²) in [5, 5.41) is 3.31. The van der Waals surface area contributed by atoms with Crippen molar-refractivity contribution in [1.82, 2.24) is 14.9 Å². The summed E-state index contributed by atoms with van der Waals surface area (Å²) in [6, 6.07) is 12.8. The van der Waals surface area contributed by atoms with Crippen LogP contribution in [0.5, 0.6) is 5.75 Å². The molecule has 0 radical (unpaired) electrons. The largest absolute Gasteiger partial charge is 0.484 e. The van der Waals surface area contributed by atoms with Gasteiger partial charge in [0, 0.05) is 24.0 Å². The highest BCUT2D eigenvalue weighted by Crippen LogP contribution is 2.28. The summed E-state index contributed by atoms with van der Waals surface area (Å²) >= 11 is 1.39. The number of thiazole rings is 1. The molecule has 3 heterocycles. The maximum atomic E-state index is 12.6. The van der Waals surface area contributed by atoms with E-state index in [0.29, 0.717) is 30.3 Å². The maximum absolute atomic E-state index is 12.6. The van der Waals surface area contributed by atoms with Crippen molar-refractivity contribution in [2.24, 2.45) is 0 Å². The Morgan fingerprint density at radius 2 is 2.03 bits per heavy atom. The molecule has 0 unspecified atom stereocenters. The van der Waals surface area contributed by atoms with Gasteiger partial charge in [-0.3, -0.25) is 19.9 Å². The molecule has 0 fully saturated rings. The van der Waals surface area contributed by atoms with Gasteiger partial charge in [-0.2, -0.15) is 0 Å². The fraction of sp³-hybridized carbons (Fsp3) is 0.238. The Balaban J connectivity index is 1.37. The van der Waals surface area contributed by atoms with E-state index < -0.39 is 0 Å². The average molecular weight is 408 g/mol. The highest BCUT2D eigenvalue weighted by Gasteiger charge is 2.25. The van der Waals surface area contributed by atoms with Crippen LogP contribution in [0.1, 0.15) is 26.6 Å². The van der Waals surface area contributed by atoms with E-state index in [0.717, 1.165) is 21.9 Å². The van der Waals surface area contributed by atoms with Gasteiger partial charge >= 0.3 is 0 Å². The van der Waals surface area contributed by atoms with Gasteiger partial charge in [0.15, 0.2) is 11.7 Å². The number of aromatic nitrogens is 2. The van der Waals surface area contributed by atoms with Gasteiger partial charge < -0.3 is 9.64 Å². The molecule has 7 nitrogen and oxygen atoms in total. The zero-order valence-electron chi connectivity index (χ0n) is 15.9. The van der Waals surface area contributed by atoms with Crippen LogP contribution < -0.4 is 10.1 Å². The van der Waals surface area contributed by atoms with E-state index in [4.69, 9.17) is 4.74 Å². The number of aryl methyl sites for hydroxylation is 1. The highest BCUT2D eigenvalue weighted by molar-refractivity contribution is 7.15. The molecule has 0 saturated carbocycles. The average Bonchev–Trinajstić information content (AvgIpc) is 3.15. The zero-order valence-corrected chi connectivity index (χ0v) is 16.7. The van der Waals surface area contributed by atoms with Crippen LogP contribution in [0.15, 0.2) is 48.7 Å². The van der Waals surface area contributed by atoms with Crippen LogP contribution >= 0.6 is 11.3 Å². The predicted molar refractivity (Wildman–Crippen MR) is 110 cm³/mol. The number of anilines is 1. The van der Waals surface area contributed by atoms with E-state index in [9.17, 15) is 9.59 Å². The number of ether oxygens (including phenoxy) is 1. The third-order valence-corrected chi connectivity index (χ3v) is 5.64. The van der Waals surface area contributed by atoms with Crippen molar-refractivity contribution in [3.63, 3.8) is 0 Å². The van der Waals surface area contributed by atoms with Gasteiger partial charge in [0.25, 0.3) is 11.8 Å². The number of carbonyl (C=O) groups excluding carboxylic acids is 2. The van der Waals surface area contributed by atoms with Crippen LogP contribution in [0.3, 0.4) is 0 Å². The molecule has 0 spiro atoms. The van der Waals surface area contributed by atoms with Crippen molar-refractivity contribution in [2.45, 2.75) is 19.9 Å². The Morgan fingerprint density at radius 1 is 1.21 bits per heavy atom. The van der Waals surface area contributed by atoms with E-state index in [1.54, 1.807) is 29.3 Å². The minimum absolute atomic E-state index is 0.00224. The summed E-state index contributed by atoms with van der Waals surface area (Å²) in [4.78, 5) is 36.1. The normalized spacial score (nSPS) is 12.9. The van der Waals surface area contributed by atoms with Gasteiger partial charge in [-0.1, -0.05) is 35.6 Å². The molecule has 0 bridgehead atoms. The van der Waals surface area contributed by atoms with Gasteiger partial charge in [0.2, 0.25) is 0 Å². The van der Waals surface area contributed by atoms with Crippen molar-refractivity contribution < 1.29 is 14.3 Å². The van der Waals surface area contributed by atoms with Gasteiger partial charge in [-0.05, 0) is 30.7 Å². The SMILES string of the molecule is Cc1ccccc1OCC(=O)N1CCc2nc(NC(=O)c3ccccn3)sc2C1. The summed E-state index contributed by atoms with van der Waals surface area (Å²) in [5.41, 5.74) is 2.26. The Bertz CT molecular complexity index is 1040. The molecule has 29 heavy (non-hydrogen) atoms. The lowest BCUT2D eigenvalue weighted by molar-refractivity contribution is -0.134. The second kappa shape index (κ2) is 8.40. The van der Waals surface area contributed by atoms with Gasteiger partial charge in [-0.15, -0.1) is 0 Å². The number of para-hydroxylation sites is 1. The van der Waals surface area contributed by atoms with Gasteiger partial charge in [0.05, 0.1) is 12.2 Å². The summed E-state index contributed by atoms with van der Waals surface area (Å²) < 4.78 is 5.68. The Hall–Kier alpha value is -3.26. The molecule has 3 aromatic rings. The molecule has 1 aliphatic rings. The first kappa shape index (κ1) is 19.1. The van der Waals surface area contributed by atoms with Crippen LogP contribution in [0.2, 0.25) is 0 Å². The lowest BCUT2D eigenvalue weighted by Gasteiger charge is -2.26. The molecule has 1 aromatic carbocycles. The standard InChI is InChI=1S/C21H20N4O3S/c1-14-6-2-3-8-17(14)28-13-19(26)25-11-9-15-18(12-25)29-21(23-15)24-20(27)16-7-4-5-10-22-16/h2-8,10H,9,11-13H2,1H3,(H,23,24,27). The van der Waals surface area contributed by atoms with Crippen LogP contribution in [0, 0.1) is 6.92 Å². The van der Waals surface area contributed by atoms with E-state index in [2.05, 4.69) is 15.3 Å². The van der Waals surface area contributed by atoms with Crippen molar-refractivity contribution in [3.05, 3.63) is 70.5 Å². The fourth-order valence-electron chi connectivity index (χ4n) is 3.07. The Morgan fingerprint density at radius 3 is 2.83 bits per heavy atom. The lowest BCUT2D eigenvalue weighted by atomic mass is 10.2. The smallest absolute Gasteiger partial charge is 0.276 e. The quantitative estimate of drug-likeness (QED) is 0.701. The molecule has 8 heteroatoms. The third-order valence-electron chi connectivity index (χ3n) is 4.65. The molecule has 1 N–H and O–H groups in total. The molecule has 1 aliphatic heterocycles. The Labute approximate surface area is 172 Å². The first-order valence-corrected chi connectivity index (χ1v) is 10.1. The van der Waals surface area contributed by atoms with E-state index >= 15 is 0 Å². The maximum Gasteiger partial charge on any atom is 0.276 e. The number of hydrogen-bond donors (Lipinski definition) is 1. The van der Waals surface area contributed by atoms with Crippen LogP contribution in [-0.4, -0.2) is 39.8 Å². The van der Waals surface area contributed by atoms with Crippen molar-refractivity contribution in [1.29, 1.82) is 0 Å². The molecular formula is C21H20N4O3S. The van der Waals surface area contributed by atoms with Crippen molar-refractivity contribution in [3.8, 4) is 5.75 Å². The number of carbonyl (C=O) groups is 2. The minimum atomic E-state index is -0.295. The summed E-state index contributed by atoms with van der Waals surface area (Å²) in [6.45, 7) is 3.01. The molecule has 148 valence electrons. The molecule has 4 rings (SSSR count). The predicted octanol–water partition coefficient (Wildman–Crippen LogP) is 3.06. The van der Waals surface area contributed by atoms with Crippen molar-refractivity contribution in [2.75, 3.05) is 18.5 Å². The van der Waals surface area contributed by atoms with Crippen LogP contribution in [0.4, 0.5) is 5.13 Å². The summed E-state index contributed by atoms with van der Waals surface area (Å²) in [5.74, 6) is 0.360. The Kier molecular flexibility index (Phi) is 5.53. The topological polar surface area (TPSA) is 84.4 Å². The van der Waals surface area contributed by atoms with Gasteiger partial charge in [0.1, 0.15) is 11.4 Å². The number of rotatable bonds is 5. The van der Waals surface area contributed by atoms with Crippen molar-refractivity contribution >= 4 is 28.3 Å². The van der Waals surface area contributed by atoms with E-state index in [1.165, 1.54) is 11.3 Å². The molecule has 0 saturated heterocycles. The fourth-order valence-corrected chi connectivity index (χ4v) is 4.09. The first-order chi connectivity index (χ1) is 14.1. The molecule has 2 aromatic heterocycles. The molecule has 0 atom stereocenters. The zero-order chi connectivity index (χ0) is 20.2. The highest BCUT2D eigenvalue weighted by atomic mass is 32.1. The number of fused-ring (bicyclic) bond motifs is 1. The molecule has 2 amide bonds. The minimum Gasteiger partial charge on any atom is -0.484 e. The number of pyridine rings is 1. The molecular weight excluding hydrogens is 388 g/mol. The summed E-state index contributed by atoms with van der Waals surface area (Å²) in [6.07, 6.45) is 2.23. The van der Waals surface area contributed by atoms with E-state index in [-0.39, 0.29) is 18.4 Å². The lowest BCUT2D eigenvalue weighted by Crippen LogP contribution is -2.38. The third kappa shape index (κ3) is 4.43. The van der Waals surface area contributed by atoms with Gasteiger partial charge in [-0.25, -0.2) is 4.98 Å². The number of amides is 2. The first-order valence-electron chi connectivity index (χ1n) is 9.27. The molecule has 0 aliphatic carbocycles. The summed E-state index contributed by atoms with van der Waals surface area (Å²) in [7, 11) is 0.